The molecule has 158 valence electrons. The number of benzene rings is 2. The van der Waals surface area contributed by atoms with Crippen LogP contribution >= 0.6 is 0 Å². The van der Waals surface area contributed by atoms with Crippen molar-refractivity contribution in [2.75, 3.05) is 49.1 Å². The van der Waals surface area contributed by atoms with Crippen molar-refractivity contribution in [1.29, 1.82) is 0 Å². The first-order chi connectivity index (χ1) is 14.4. The summed E-state index contributed by atoms with van der Waals surface area (Å²) in [4.78, 5) is 29.7. The highest BCUT2D eigenvalue weighted by molar-refractivity contribution is 5.94. The molecule has 0 bridgehead atoms. The summed E-state index contributed by atoms with van der Waals surface area (Å²) in [5, 5.41) is 0. The minimum atomic E-state index is -0.428. The number of aryl methyl sites for hydroxylation is 1. The number of carbonyl (C=O) groups excluding carboxylic acids is 2. The highest BCUT2D eigenvalue weighted by Crippen LogP contribution is 2.30. The van der Waals surface area contributed by atoms with Crippen molar-refractivity contribution < 1.29 is 18.4 Å². The van der Waals surface area contributed by atoms with Gasteiger partial charge >= 0.3 is 0 Å². The predicted octanol–water partition coefficient (Wildman–Crippen LogP) is 3.27. The Labute approximate surface area is 174 Å². The van der Waals surface area contributed by atoms with Gasteiger partial charge in [0.05, 0.1) is 17.9 Å². The van der Waals surface area contributed by atoms with E-state index in [1.165, 1.54) is 19.1 Å². The van der Waals surface area contributed by atoms with Crippen molar-refractivity contribution in [2.45, 2.75) is 19.8 Å². The van der Waals surface area contributed by atoms with Gasteiger partial charge in [-0.2, -0.15) is 0 Å². The smallest absolute Gasteiger partial charge is 0.242 e. The summed E-state index contributed by atoms with van der Waals surface area (Å²) in [6, 6.07) is 9.57. The van der Waals surface area contributed by atoms with Crippen LogP contribution < -0.4 is 9.80 Å². The summed E-state index contributed by atoms with van der Waals surface area (Å²) in [6.07, 6.45) is 1.72. The number of fused-ring (bicyclic) bond motifs is 1. The first-order valence-corrected chi connectivity index (χ1v) is 10.3. The van der Waals surface area contributed by atoms with E-state index in [4.69, 9.17) is 0 Å². The Bertz CT molecular complexity index is 971. The zero-order valence-electron chi connectivity index (χ0n) is 17.0. The number of nitrogens with zero attached hydrogens (tertiary/aromatic N) is 3. The lowest BCUT2D eigenvalue weighted by Gasteiger charge is -2.38. The van der Waals surface area contributed by atoms with Gasteiger partial charge in [0.25, 0.3) is 0 Å². The molecule has 2 aliphatic rings. The van der Waals surface area contributed by atoms with Crippen LogP contribution in [0.4, 0.5) is 20.2 Å². The fourth-order valence-electron chi connectivity index (χ4n) is 4.29. The van der Waals surface area contributed by atoms with Crippen molar-refractivity contribution in [3.63, 3.8) is 0 Å². The fraction of sp³-hybridized carbons (Fsp3) is 0.391. The number of amides is 1. The molecule has 1 fully saturated rings. The molecule has 2 aromatic carbocycles. The Morgan fingerprint density at radius 2 is 1.73 bits per heavy atom. The van der Waals surface area contributed by atoms with E-state index < -0.39 is 5.82 Å². The van der Waals surface area contributed by atoms with Gasteiger partial charge in [-0.15, -0.1) is 0 Å². The number of hydrogen-bond donors (Lipinski definition) is 0. The van der Waals surface area contributed by atoms with Crippen LogP contribution in [-0.4, -0.2) is 55.9 Å². The van der Waals surface area contributed by atoms with Crippen molar-refractivity contribution >= 4 is 23.1 Å². The topological polar surface area (TPSA) is 43.9 Å². The molecule has 2 heterocycles. The van der Waals surface area contributed by atoms with E-state index in [1.54, 1.807) is 23.1 Å². The van der Waals surface area contributed by atoms with Crippen LogP contribution in [-0.2, 0) is 11.2 Å². The second kappa shape index (κ2) is 8.42. The molecule has 7 heteroatoms. The molecule has 0 N–H and O–H groups in total. The number of hydrogen-bond acceptors (Lipinski definition) is 4. The summed E-state index contributed by atoms with van der Waals surface area (Å²) in [6.45, 7) is 4.18. The van der Waals surface area contributed by atoms with Gasteiger partial charge < -0.3 is 14.7 Å². The number of rotatable bonds is 4. The fourth-order valence-corrected chi connectivity index (χ4v) is 4.29. The normalized spacial score (nSPS) is 16.4. The molecule has 30 heavy (non-hydrogen) atoms. The standard InChI is InChI=1S/C23H25F2N3O2/c1-16(29)18-7-8-21(20(25)14-18)26-10-12-27(13-11-26)22(30)15-28-9-3-5-17-4-2-6-19(24)23(17)28/h2,4,6-8,14H,3,5,9-13,15H2,1H3. The Hall–Kier alpha value is -2.96. The second-order valence-corrected chi connectivity index (χ2v) is 7.86. The molecule has 1 saturated heterocycles. The number of Topliss-reactive ketones (excluding diaryl/α,β-unsaturated/α-hetero) is 1. The third kappa shape index (κ3) is 4.01. The lowest BCUT2D eigenvalue weighted by molar-refractivity contribution is -0.130. The van der Waals surface area contributed by atoms with E-state index in [0.29, 0.717) is 49.7 Å². The zero-order chi connectivity index (χ0) is 21.3. The number of carbonyl (C=O) groups is 2. The number of ketones is 1. The number of anilines is 2. The van der Waals surface area contributed by atoms with Crippen LogP contribution in [0.2, 0.25) is 0 Å². The van der Waals surface area contributed by atoms with Gasteiger partial charge in [-0.1, -0.05) is 12.1 Å². The van der Waals surface area contributed by atoms with Gasteiger partial charge in [-0.05, 0) is 49.6 Å². The highest BCUT2D eigenvalue weighted by Gasteiger charge is 2.27. The van der Waals surface area contributed by atoms with E-state index in [1.807, 2.05) is 15.9 Å². The highest BCUT2D eigenvalue weighted by atomic mass is 19.1. The minimum absolute atomic E-state index is 0.0434. The molecule has 0 radical (unpaired) electrons. The van der Waals surface area contributed by atoms with Crippen LogP contribution in [0.3, 0.4) is 0 Å². The van der Waals surface area contributed by atoms with Gasteiger partial charge in [0.1, 0.15) is 11.6 Å². The molecule has 5 nitrogen and oxygen atoms in total. The first kappa shape index (κ1) is 20.3. The Kier molecular flexibility index (Phi) is 5.70. The molecule has 4 rings (SSSR count). The van der Waals surface area contributed by atoms with Crippen molar-refractivity contribution in [3.8, 4) is 0 Å². The number of para-hydroxylation sites is 1. The van der Waals surface area contributed by atoms with E-state index in [9.17, 15) is 18.4 Å². The molecule has 0 atom stereocenters. The first-order valence-electron chi connectivity index (χ1n) is 10.3. The number of piperazine rings is 1. The monoisotopic (exact) mass is 413 g/mol. The van der Waals surface area contributed by atoms with Crippen LogP contribution in [0.25, 0.3) is 0 Å². The summed E-state index contributed by atoms with van der Waals surface area (Å²) in [5.74, 6) is -0.929. The SMILES string of the molecule is CC(=O)c1ccc(N2CCN(C(=O)CN3CCCc4cccc(F)c43)CC2)c(F)c1. The zero-order valence-corrected chi connectivity index (χ0v) is 17.0. The van der Waals surface area contributed by atoms with Crippen molar-refractivity contribution in [2.24, 2.45) is 0 Å². The van der Waals surface area contributed by atoms with Gasteiger partial charge in [0.15, 0.2) is 5.78 Å². The van der Waals surface area contributed by atoms with E-state index >= 15 is 0 Å². The maximum atomic E-state index is 14.4. The molecule has 2 aromatic rings. The largest absolute Gasteiger partial charge is 0.366 e. The minimum Gasteiger partial charge on any atom is -0.366 e. The molecule has 1 amide bonds. The molecule has 0 unspecified atom stereocenters. The van der Waals surface area contributed by atoms with Crippen LogP contribution in [0, 0.1) is 11.6 Å². The van der Waals surface area contributed by atoms with Gasteiger partial charge in [-0.25, -0.2) is 8.78 Å². The molecule has 0 spiro atoms. The third-order valence-electron chi connectivity index (χ3n) is 5.91. The average Bonchev–Trinajstić information content (AvgIpc) is 2.74. The third-order valence-corrected chi connectivity index (χ3v) is 5.91. The van der Waals surface area contributed by atoms with Crippen molar-refractivity contribution in [1.82, 2.24) is 4.90 Å². The van der Waals surface area contributed by atoms with E-state index in [-0.39, 0.29) is 24.1 Å². The summed E-state index contributed by atoms with van der Waals surface area (Å²) in [7, 11) is 0. The van der Waals surface area contributed by atoms with E-state index in [2.05, 4.69) is 0 Å². The summed E-state index contributed by atoms with van der Waals surface area (Å²) < 4.78 is 28.8. The maximum absolute atomic E-state index is 14.4. The Balaban J connectivity index is 1.38. The lowest BCUT2D eigenvalue weighted by atomic mass is 10.0. The number of halogens is 2. The summed E-state index contributed by atoms with van der Waals surface area (Å²) in [5.41, 5.74) is 2.28. The average molecular weight is 413 g/mol. The molecule has 0 aromatic heterocycles. The predicted molar refractivity (Wildman–Crippen MR) is 112 cm³/mol. The van der Waals surface area contributed by atoms with Crippen LogP contribution in [0.1, 0.15) is 29.3 Å². The lowest BCUT2D eigenvalue weighted by Crippen LogP contribution is -2.52. The second-order valence-electron chi connectivity index (χ2n) is 7.86. The molecule has 2 aliphatic heterocycles. The van der Waals surface area contributed by atoms with Gasteiger partial charge in [0.2, 0.25) is 5.91 Å². The quantitative estimate of drug-likeness (QED) is 0.722. The Morgan fingerprint density at radius 1 is 0.967 bits per heavy atom. The van der Waals surface area contributed by atoms with Gasteiger partial charge in [0, 0.05) is 38.3 Å². The molecule has 0 saturated carbocycles. The molecular formula is C23H25F2N3O2. The molecular weight excluding hydrogens is 388 g/mol. The van der Waals surface area contributed by atoms with Crippen LogP contribution in [0.15, 0.2) is 36.4 Å². The van der Waals surface area contributed by atoms with E-state index in [0.717, 1.165) is 18.4 Å². The van der Waals surface area contributed by atoms with Crippen molar-refractivity contribution in [3.05, 3.63) is 59.2 Å². The van der Waals surface area contributed by atoms with Gasteiger partial charge in [-0.3, -0.25) is 9.59 Å². The molecule has 0 aliphatic carbocycles. The summed E-state index contributed by atoms with van der Waals surface area (Å²) >= 11 is 0. The maximum Gasteiger partial charge on any atom is 0.242 e. The van der Waals surface area contributed by atoms with Crippen LogP contribution in [0.5, 0.6) is 0 Å². The Morgan fingerprint density at radius 3 is 2.43 bits per heavy atom.